The fraction of sp³-hybridized carbons (Fsp3) is 0.481. The Balaban J connectivity index is 1.60. The number of anilines is 1. The maximum atomic E-state index is 13.4. The van der Waals surface area contributed by atoms with E-state index in [4.69, 9.17) is 4.74 Å². The molecule has 9 heteroatoms. The van der Waals surface area contributed by atoms with Crippen LogP contribution in [-0.2, 0) is 22.7 Å². The molecule has 194 valence electrons. The molecule has 1 fully saturated rings. The van der Waals surface area contributed by atoms with Crippen molar-refractivity contribution in [3.63, 3.8) is 0 Å². The largest absolute Gasteiger partial charge is 0.490 e. The minimum Gasteiger partial charge on any atom is -0.490 e. The quantitative estimate of drug-likeness (QED) is 0.508. The fourth-order valence-electron chi connectivity index (χ4n) is 4.85. The number of thiophene rings is 1. The number of ether oxygens (including phenoxy) is 1. The molecule has 7 nitrogen and oxygen atoms in total. The van der Waals surface area contributed by atoms with E-state index in [0.29, 0.717) is 40.8 Å². The van der Waals surface area contributed by atoms with Gasteiger partial charge >= 0.3 is 0 Å². The summed E-state index contributed by atoms with van der Waals surface area (Å²) in [6.45, 7) is 10.7. The Hall–Kier alpha value is -2.65. The van der Waals surface area contributed by atoms with Crippen LogP contribution in [0.15, 0.2) is 36.9 Å². The normalized spacial score (nSPS) is 20.9. The van der Waals surface area contributed by atoms with E-state index in [1.807, 2.05) is 0 Å². The average Bonchev–Trinajstić information content (AvgIpc) is 3.35. The van der Waals surface area contributed by atoms with Crippen molar-refractivity contribution >= 4 is 38.0 Å². The highest BCUT2D eigenvalue weighted by molar-refractivity contribution is 7.91. The summed E-state index contributed by atoms with van der Waals surface area (Å²) in [6.07, 6.45) is 4.63. The first-order valence-corrected chi connectivity index (χ1v) is 14.9. The second-order valence-electron chi connectivity index (χ2n) is 10.7. The fourth-order valence-corrected chi connectivity index (χ4v) is 7.85. The van der Waals surface area contributed by atoms with Gasteiger partial charge < -0.3 is 15.4 Å². The molecule has 0 saturated carbocycles. The van der Waals surface area contributed by atoms with E-state index >= 15 is 0 Å². The molecule has 1 aromatic heterocycles. The molecule has 2 aromatic rings. The zero-order chi connectivity index (χ0) is 26.1. The molecule has 2 atom stereocenters. The Bertz CT molecular complexity index is 1260. The van der Waals surface area contributed by atoms with Crippen molar-refractivity contribution in [2.75, 3.05) is 23.4 Å². The Morgan fingerprint density at radius 1 is 1.17 bits per heavy atom. The molecule has 2 amide bonds. The summed E-state index contributed by atoms with van der Waals surface area (Å²) in [6, 6.07) is 6.40. The molecule has 2 heterocycles. The van der Waals surface area contributed by atoms with E-state index in [0.717, 1.165) is 29.7 Å². The summed E-state index contributed by atoms with van der Waals surface area (Å²) < 4.78 is 29.3. The minimum absolute atomic E-state index is 0.0425. The lowest BCUT2D eigenvalue weighted by atomic mass is 9.72. The van der Waals surface area contributed by atoms with Crippen LogP contribution in [-0.4, -0.2) is 44.4 Å². The van der Waals surface area contributed by atoms with Crippen molar-refractivity contribution in [1.82, 2.24) is 5.32 Å². The van der Waals surface area contributed by atoms with Gasteiger partial charge in [0, 0.05) is 16.5 Å². The topological polar surface area (TPSA) is 102 Å². The van der Waals surface area contributed by atoms with Crippen molar-refractivity contribution in [1.29, 1.82) is 0 Å². The number of carbonyl (C=O) groups excluding carboxylic acids is 2. The summed E-state index contributed by atoms with van der Waals surface area (Å²) in [5, 5.41) is 6.41. The van der Waals surface area contributed by atoms with Crippen LogP contribution in [0.25, 0.3) is 0 Å². The van der Waals surface area contributed by atoms with Crippen LogP contribution < -0.4 is 15.4 Å². The third kappa shape index (κ3) is 6.00. The Kier molecular flexibility index (Phi) is 7.61. The summed E-state index contributed by atoms with van der Waals surface area (Å²) in [7, 11) is -3.12. The van der Waals surface area contributed by atoms with Gasteiger partial charge in [-0.05, 0) is 66.8 Å². The van der Waals surface area contributed by atoms with Gasteiger partial charge in [0.15, 0.2) is 9.84 Å². The molecule has 2 unspecified atom stereocenters. The number of sulfone groups is 1. The van der Waals surface area contributed by atoms with Gasteiger partial charge in [-0.15, -0.1) is 11.3 Å². The highest BCUT2D eigenvalue weighted by Gasteiger charge is 2.36. The van der Waals surface area contributed by atoms with Crippen LogP contribution in [0.4, 0.5) is 5.00 Å². The Labute approximate surface area is 217 Å². The molecule has 1 aromatic carbocycles. The Morgan fingerprint density at radius 3 is 2.50 bits per heavy atom. The standard InChI is InChI=1S/C27H34N2O5S2/c1-5-13-34-20-9-6-17(7-10-20)24(30)29-26-23(25(31)28-19-12-14-36(32,33)16-19)21-11-8-18(27(2,3)4)15-22(21)35-26/h5-7,9-10,18-19H,1,8,11-16H2,2-4H3,(H,28,31)(H,29,30). The lowest BCUT2D eigenvalue weighted by Gasteiger charge is -2.33. The van der Waals surface area contributed by atoms with Crippen LogP contribution in [0.3, 0.4) is 0 Å². The lowest BCUT2D eigenvalue weighted by molar-refractivity contribution is 0.0941. The minimum atomic E-state index is -3.12. The van der Waals surface area contributed by atoms with Crippen LogP contribution in [0.1, 0.15) is 64.8 Å². The molecule has 1 aliphatic carbocycles. The van der Waals surface area contributed by atoms with E-state index in [1.165, 1.54) is 11.3 Å². The molecule has 36 heavy (non-hydrogen) atoms. The van der Waals surface area contributed by atoms with Gasteiger partial charge in [0.1, 0.15) is 17.4 Å². The van der Waals surface area contributed by atoms with Crippen molar-refractivity contribution < 1.29 is 22.7 Å². The zero-order valence-electron chi connectivity index (χ0n) is 21.1. The molecule has 2 aliphatic rings. The number of carbonyl (C=O) groups is 2. The maximum absolute atomic E-state index is 13.4. The predicted molar refractivity (Wildman–Crippen MR) is 144 cm³/mol. The highest BCUT2D eigenvalue weighted by atomic mass is 32.2. The van der Waals surface area contributed by atoms with Crippen LogP contribution >= 0.6 is 11.3 Å². The molecule has 0 bridgehead atoms. The predicted octanol–water partition coefficient (Wildman–Crippen LogP) is 4.63. The monoisotopic (exact) mass is 530 g/mol. The van der Waals surface area contributed by atoms with E-state index in [1.54, 1.807) is 30.3 Å². The van der Waals surface area contributed by atoms with Gasteiger partial charge in [0.25, 0.3) is 11.8 Å². The van der Waals surface area contributed by atoms with Crippen LogP contribution in [0.2, 0.25) is 0 Å². The number of nitrogens with one attached hydrogen (secondary N) is 2. The first kappa shape index (κ1) is 26.4. The van der Waals surface area contributed by atoms with Gasteiger partial charge in [-0.25, -0.2) is 8.42 Å². The molecule has 4 rings (SSSR count). The van der Waals surface area contributed by atoms with Crippen molar-refractivity contribution in [3.8, 4) is 5.75 Å². The second-order valence-corrected chi connectivity index (χ2v) is 14.0. The van der Waals surface area contributed by atoms with Gasteiger partial charge in [0.05, 0.1) is 17.1 Å². The van der Waals surface area contributed by atoms with Crippen LogP contribution in [0.5, 0.6) is 5.75 Å². The maximum Gasteiger partial charge on any atom is 0.256 e. The van der Waals surface area contributed by atoms with Gasteiger partial charge in [-0.1, -0.05) is 33.4 Å². The zero-order valence-corrected chi connectivity index (χ0v) is 22.7. The SMILES string of the molecule is C=CCOc1ccc(C(=O)Nc2sc3c(c2C(=O)NC2CCS(=O)(=O)C2)CCC(C(C)(C)C)C3)cc1. The average molecular weight is 531 g/mol. The molecular formula is C27H34N2O5S2. The third-order valence-corrected chi connectivity index (χ3v) is 9.93. The summed E-state index contributed by atoms with van der Waals surface area (Å²) in [5.41, 5.74) is 2.04. The van der Waals surface area contributed by atoms with Crippen molar-refractivity contribution in [2.24, 2.45) is 11.3 Å². The summed E-state index contributed by atoms with van der Waals surface area (Å²) in [5.74, 6) is 0.535. The number of amides is 2. The molecule has 2 N–H and O–H groups in total. The molecule has 0 radical (unpaired) electrons. The smallest absolute Gasteiger partial charge is 0.256 e. The Morgan fingerprint density at radius 2 is 1.89 bits per heavy atom. The van der Waals surface area contributed by atoms with Crippen LogP contribution in [0, 0.1) is 11.3 Å². The third-order valence-electron chi connectivity index (χ3n) is 7.00. The van der Waals surface area contributed by atoms with Gasteiger partial charge in [-0.3, -0.25) is 9.59 Å². The molecule has 0 spiro atoms. The van der Waals surface area contributed by atoms with Gasteiger partial charge in [0.2, 0.25) is 0 Å². The highest BCUT2D eigenvalue weighted by Crippen LogP contribution is 2.44. The number of hydrogen-bond donors (Lipinski definition) is 2. The number of fused-ring (bicyclic) bond motifs is 1. The second kappa shape index (κ2) is 10.4. The first-order chi connectivity index (χ1) is 17.0. The molecule has 1 saturated heterocycles. The van der Waals surface area contributed by atoms with Crippen molar-refractivity contribution in [3.05, 3.63) is 58.5 Å². The first-order valence-electron chi connectivity index (χ1n) is 12.3. The lowest BCUT2D eigenvalue weighted by Crippen LogP contribution is -2.36. The van der Waals surface area contributed by atoms with E-state index in [9.17, 15) is 18.0 Å². The van der Waals surface area contributed by atoms with Gasteiger partial charge in [-0.2, -0.15) is 0 Å². The molecule has 1 aliphatic heterocycles. The van der Waals surface area contributed by atoms with E-state index in [2.05, 4.69) is 38.0 Å². The summed E-state index contributed by atoms with van der Waals surface area (Å²) >= 11 is 1.46. The number of benzene rings is 1. The van der Waals surface area contributed by atoms with E-state index in [-0.39, 0.29) is 28.7 Å². The number of hydrogen-bond acceptors (Lipinski definition) is 6. The van der Waals surface area contributed by atoms with Crippen molar-refractivity contribution in [2.45, 2.75) is 52.5 Å². The molecular weight excluding hydrogens is 496 g/mol. The summed E-state index contributed by atoms with van der Waals surface area (Å²) in [4.78, 5) is 27.7. The number of rotatable bonds is 7. The van der Waals surface area contributed by atoms with E-state index < -0.39 is 15.9 Å².